The maximum absolute atomic E-state index is 13.7. The van der Waals surface area contributed by atoms with E-state index in [2.05, 4.69) is 21.2 Å². The van der Waals surface area contributed by atoms with Gasteiger partial charge in [-0.25, -0.2) is 4.39 Å². The van der Waals surface area contributed by atoms with Gasteiger partial charge < -0.3 is 5.32 Å². The molecule has 1 N–H and O–H groups in total. The van der Waals surface area contributed by atoms with Gasteiger partial charge in [-0.2, -0.15) is 0 Å². The molecule has 1 aliphatic rings. The first-order valence-corrected chi connectivity index (χ1v) is 5.16. The number of hydrogen-bond acceptors (Lipinski definition) is 1. The molecule has 4 heteroatoms. The van der Waals surface area contributed by atoms with Crippen LogP contribution in [0.4, 0.5) is 10.1 Å². The van der Waals surface area contributed by atoms with Gasteiger partial charge in [0.1, 0.15) is 5.82 Å². The molecule has 14 heavy (non-hydrogen) atoms. The van der Waals surface area contributed by atoms with E-state index in [4.69, 9.17) is 0 Å². The zero-order valence-corrected chi connectivity index (χ0v) is 9.19. The Morgan fingerprint density at radius 1 is 1.57 bits per heavy atom. The summed E-state index contributed by atoms with van der Waals surface area (Å²) in [5.41, 5.74) is 1.19. The maximum Gasteiger partial charge on any atom is 0.224 e. The molecule has 1 aromatic rings. The number of halogens is 2. The van der Waals surface area contributed by atoms with Crippen LogP contribution in [-0.4, -0.2) is 5.91 Å². The van der Waals surface area contributed by atoms with E-state index in [-0.39, 0.29) is 17.6 Å². The molecule has 1 atom stereocenters. The van der Waals surface area contributed by atoms with Crippen LogP contribution in [0.25, 0.3) is 0 Å². The molecule has 0 aromatic heterocycles. The molecule has 1 aliphatic heterocycles. The van der Waals surface area contributed by atoms with E-state index in [1.165, 1.54) is 0 Å². The summed E-state index contributed by atoms with van der Waals surface area (Å²) in [6.07, 6.45) is 0.348. The summed E-state index contributed by atoms with van der Waals surface area (Å²) in [6, 6.07) is 3.32. The molecule has 0 spiro atoms. The van der Waals surface area contributed by atoms with E-state index in [0.717, 1.165) is 0 Å². The largest absolute Gasteiger partial charge is 0.326 e. The molecule has 0 radical (unpaired) electrons. The molecule has 1 aromatic carbocycles. The molecule has 0 bridgehead atoms. The summed E-state index contributed by atoms with van der Waals surface area (Å²) in [5.74, 6) is -0.377. The lowest BCUT2D eigenvalue weighted by molar-refractivity contribution is -0.116. The highest BCUT2D eigenvalue weighted by molar-refractivity contribution is 9.10. The molecule has 2 nitrogen and oxygen atoms in total. The SMILES string of the molecule is CC1CC(=O)Nc2ccc(Br)c(F)c21. The summed E-state index contributed by atoms with van der Waals surface area (Å²) in [5, 5.41) is 2.66. The van der Waals surface area contributed by atoms with Crippen molar-refractivity contribution in [3.63, 3.8) is 0 Å². The second kappa shape index (κ2) is 3.35. The number of amides is 1. The summed E-state index contributed by atoms with van der Waals surface area (Å²) >= 11 is 3.13. The van der Waals surface area contributed by atoms with E-state index in [1.807, 2.05) is 6.92 Å². The van der Waals surface area contributed by atoms with Gasteiger partial charge >= 0.3 is 0 Å². The number of anilines is 1. The van der Waals surface area contributed by atoms with Crippen molar-refractivity contribution in [3.05, 3.63) is 28.0 Å². The molecule has 74 valence electrons. The first-order valence-electron chi connectivity index (χ1n) is 4.37. The van der Waals surface area contributed by atoms with Crippen molar-refractivity contribution in [3.8, 4) is 0 Å². The number of hydrogen-bond donors (Lipinski definition) is 1. The van der Waals surface area contributed by atoms with Crippen LogP contribution in [0.5, 0.6) is 0 Å². The average Bonchev–Trinajstić information content (AvgIpc) is 2.10. The molecule has 2 rings (SSSR count). The topological polar surface area (TPSA) is 29.1 Å². The molecule has 1 heterocycles. The third-order valence-electron chi connectivity index (χ3n) is 2.39. The van der Waals surface area contributed by atoms with Crippen LogP contribution in [-0.2, 0) is 4.79 Å². The van der Waals surface area contributed by atoms with Crippen molar-refractivity contribution in [2.75, 3.05) is 5.32 Å². The van der Waals surface area contributed by atoms with Crippen LogP contribution in [0.1, 0.15) is 24.8 Å². The summed E-state index contributed by atoms with van der Waals surface area (Å²) in [7, 11) is 0. The quantitative estimate of drug-likeness (QED) is 0.761. The standard InChI is InChI=1S/C10H9BrFNO/c1-5-4-8(14)13-7-3-2-6(11)10(12)9(5)7/h2-3,5H,4H2,1H3,(H,13,14). The van der Waals surface area contributed by atoms with Gasteiger partial charge in [-0.05, 0) is 34.0 Å². The maximum atomic E-state index is 13.7. The Balaban J connectivity index is 2.59. The predicted octanol–water partition coefficient (Wildman–Crippen LogP) is 3.03. The molecule has 0 aliphatic carbocycles. The van der Waals surface area contributed by atoms with Crippen molar-refractivity contribution in [2.24, 2.45) is 0 Å². The second-order valence-electron chi connectivity index (χ2n) is 3.48. The molecule has 1 amide bonds. The van der Waals surface area contributed by atoms with E-state index in [9.17, 15) is 9.18 Å². The van der Waals surface area contributed by atoms with Gasteiger partial charge in [0.05, 0.1) is 4.47 Å². The molecule has 0 fully saturated rings. The zero-order valence-electron chi connectivity index (χ0n) is 7.60. The summed E-state index contributed by atoms with van der Waals surface area (Å²) < 4.78 is 14.1. The Morgan fingerprint density at radius 2 is 2.29 bits per heavy atom. The van der Waals surface area contributed by atoms with Crippen LogP contribution in [0, 0.1) is 5.82 Å². The second-order valence-corrected chi connectivity index (χ2v) is 4.33. The monoisotopic (exact) mass is 257 g/mol. The van der Waals surface area contributed by atoms with Crippen molar-refractivity contribution >= 4 is 27.5 Å². The van der Waals surface area contributed by atoms with Gasteiger partial charge in [0.25, 0.3) is 0 Å². The molecule has 0 saturated carbocycles. The van der Waals surface area contributed by atoms with E-state index >= 15 is 0 Å². The molecule has 0 saturated heterocycles. The van der Waals surface area contributed by atoms with Crippen molar-refractivity contribution in [1.29, 1.82) is 0 Å². The Labute approximate surface area is 89.6 Å². The van der Waals surface area contributed by atoms with Crippen molar-refractivity contribution in [1.82, 2.24) is 0 Å². The lowest BCUT2D eigenvalue weighted by Crippen LogP contribution is -2.22. The van der Waals surface area contributed by atoms with E-state index in [1.54, 1.807) is 12.1 Å². The fraction of sp³-hybridized carbons (Fsp3) is 0.300. The highest BCUT2D eigenvalue weighted by Crippen LogP contribution is 2.36. The number of rotatable bonds is 0. The Morgan fingerprint density at radius 3 is 3.00 bits per heavy atom. The van der Waals surface area contributed by atoms with Gasteiger partial charge in [0.15, 0.2) is 0 Å². The van der Waals surface area contributed by atoms with Crippen LogP contribution < -0.4 is 5.32 Å². The highest BCUT2D eigenvalue weighted by atomic mass is 79.9. The predicted molar refractivity (Wildman–Crippen MR) is 55.8 cm³/mol. The van der Waals surface area contributed by atoms with Crippen molar-refractivity contribution in [2.45, 2.75) is 19.3 Å². The van der Waals surface area contributed by atoms with Gasteiger partial charge in [-0.3, -0.25) is 4.79 Å². The smallest absolute Gasteiger partial charge is 0.224 e. The first-order chi connectivity index (χ1) is 6.59. The Hall–Kier alpha value is -0.900. The average molecular weight is 258 g/mol. The third-order valence-corrected chi connectivity index (χ3v) is 3.00. The van der Waals surface area contributed by atoms with E-state index < -0.39 is 0 Å². The number of carbonyl (C=O) groups excluding carboxylic acids is 1. The highest BCUT2D eigenvalue weighted by Gasteiger charge is 2.25. The van der Waals surface area contributed by atoms with Gasteiger partial charge in [-0.1, -0.05) is 6.92 Å². The normalized spacial score (nSPS) is 20.2. The number of fused-ring (bicyclic) bond motifs is 1. The van der Waals surface area contributed by atoms with Gasteiger partial charge in [0.2, 0.25) is 5.91 Å². The molecular weight excluding hydrogens is 249 g/mol. The van der Waals surface area contributed by atoms with E-state index in [0.29, 0.717) is 22.1 Å². The van der Waals surface area contributed by atoms with Crippen LogP contribution in [0.15, 0.2) is 16.6 Å². The molecule has 1 unspecified atom stereocenters. The minimum atomic E-state index is -0.269. The van der Waals surface area contributed by atoms with Crippen LogP contribution in [0.2, 0.25) is 0 Å². The lowest BCUT2D eigenvalue weighted by Gasteiger charge is -2.23. The minimum absolute atomic E-state index is 0.0493. The summed E-state index contributed by atoms with van der Waals surface area (Å²) in [4.78, 5) is 11.2. The minimum Gasteiger partial charge on any atom is -0.326 e. The first kappa shape index (κ1) is 9.65. The van der Waals surface area contributed by atoms with Crippen LogP contribution in [0.3, 0.4) is 0 Å². The third kappa shape index (κ3) is 1.43. The van der Waals surface area contributed by atoms with Crippen LogP contribution >= 0.6 is 15.9 Å². The fourth-order valence-electron chi connectivity index (χ4n) is 1.74. The zero-order chi connectivity index (χ0) is 10.3. The van der Waals surface area contributed by atoms with Gasteiger partial charge in [-0.15, -0.1) is 0 Å². The number of carbonyl (C=O) groups is 1. The lowest BCUT2D eigenvalue weighted by atomic mass is 9.92. The number of benzene rings is 1. The Kier molecular flexibility index (Phi) is 2.31. The fourth-order valence-corrected chi connectivity index (χ4v) is 2.08. The molecular formula is C10H9BrFNO. The Bertz CT molecular complexity index is 405. The number of nitrogens with one attached hydrogen (secondary N) is 1. The van der Waals surface area contributed by atoms with Gasteiger partial charge in [0, 0.05) is 17.7 Å². The van der Waals surface area contributed by atoms with Crippen molar-refractivity contribution < 1.29 is 9.18 Å². The summed E-state index contributed by atoms with van der Waals surface area (Å²) in [6.45, 7) is 1.85.